The third-order valence-electron chi connectivity index (χ3n) is 8.22. The topological polar surface area (TPSA) is 54.4 Å². The van der Waals surface area contributed by atoms with Gasteiger partial charge in [-0.1, -0.05) is 53.1 Å². The Hall–Kier alpha value is -2.85. The molecule has 0 saturated heterocycles. The zero-order chi connectivity index (χ0) is 25.4. The maximum absolute atomic E-state index is 11.7. The van der Waals surface area contributed by atoms with Crippen LogP contribution in [0.15, 0.2) is 87.5 Å². The highest BCUT2D eigenvalue weighted by molar-refractivity contribution is 7.97. The van der Waals surface area contributed by atoms with Gasteiger partial charge in [0.25, 0.3) is 0 Å². The van der Waals surface area contributed by atoms with Crippen LogP contribution in [0.3, 0.4) is 0 Å². The Kier molecular flexibility index (Phi) is 6.82. The second-order valence-corrected chi connectivity index (χ2v) is 13.1. The quantitative estimate of drug-likeness (QED) is 0.387. The second kappa shape index (κ2) is 9.89. The SMILES string of the molecule is Cc1ccc([S+](c2ccc(C)cc2)c2ccc(C)cc2)cc1.O=C1C2CC3CC1CC(C(=O)O)(C3)C2. The van der Waals surface area contributed by atoms with Gasteiger partial charge in [-0.15, -0.1) is 0 Å². The number of carboxylic acid groups (broad SMARTS) is 1. The molecule has 4 saturated carbocycles. The maximum atomic E-state index is 11.7. The molecule has 3 aromatic carbocycles. The molecule has 0 heterocycles. The Morgan fingerprint density at radius 2 is 1.06 bits per heavy atom. The lowest BCUT2D eigenvalue weighted by atomic mass is 9.49. The first-order valence-electron chi connectivity index (χ1n) is 13.0. The van der Waals surface area contributed by atoms with Crippen LogP contribution in [-0.2, 0) is 20.5 Å². The van der Waals surface area contributed by atoms with Gasteiger partial charge in [0.1, 0.15) is 5.78 Å². The average Bonchev–Trinajstić information content (AvgIpc) is 2.86. The molecule has 36 heavy (non-hydrogen) atoms. The molecule has 0 spiro atoms. The minimum atomic E-state index is -0.663. The van der Waals surface area contributed by atoms with E-state index >= 15 is 0 Å². The molecule has 4 fully saturated rings. The van der Waals surface area contributed by atoms with Crippen LogP contribution in [0.4, 0.5) is 0 Å². The van der Waals surface area contributed by atoms with E-state index in [0.29, 0.717) is 24.5 Å². The number of ketones is 1. The number of carboxylic acids is 1. The molecular weight excluding hydrogens is 464 g/mol. The molecule has 2 atom stereocenters. The van der Waals surface area contributed by atoms with Crippen molar-refractivity contribution in [2.24, 2.45) is 23.2 Å². The highest BCUT2D eigenvalue weighted by atomic mass is 32.2. The Morgan fingerprint density at radius 1 is 0.694 bits per heavy atom. The summed E-state index contributed by atoms with van der Waals surface area (Å²) in [6.45, 7) is 6.42. The summed E-state index contributed by atoms with van der Waals surface area (Å²) >= 11 is 0. The minimum absolute atomic E-state index is 0.0394. The third kappa shape index (κ3) is 4.88. The fourth-order valence-corrected chi connectivity index (χ4v) is 8.48. The molecule has 3 nitrogen and oxygen atoms in total. The van der Waals surface area contributed by atoms with Crippen LogP contribution in [0.25, 0.3) is 0 Å². The molecule has 2 unspecified atom stereocenters. The lowest BCUT2D eigenvalue weighted by molar-refractivity contribution is -0.169. The van der Waals surface area contributed by atoms with Gasteiger partial charge in [-0.25, -0.2) is 0 Å². The van der Waals surface area contributed by atoms with Gasteiger partial charge in [0.2, 0.25) is 0 Å². The first kappa shape index (κ1) is 24.8. The number of aliphatic carboxylic acids is 1. The van der Waals surface area contributed by atoms with E-state index in [0.717, 1.165) is 19.3 Å². The van der Waals surface area contributed by atoms with Crippen LogP contribution >= 0.6 is 0 Å². The fraction of sp³-hybridized carbons (Fsp3) is 0.375. The second-order valence-electron chi connectivity index (χ2n) is 11.1. The monoisotopic (exact) mass is 499 g/mol. The van der Waals surface area contributed by atoms with Crippen molar-refractivity contribution in [2.45, 2.75) is 67.6 Å². The molecule has 0 amide bonds. The normalized spacial score (nSPS) is 26.0. The van der Waals surface area contributed by atoms with E-state index < -0.39 is 11.4 Å². The summed E-state index contributed by atoms with van der Waals surface area (Å²) in [6.07, 6.45) is 3.99. The van der Waals surface area contributed by atoms with Crippen molar-refractivity contribution >= 4 is 22.6 Å². The van der Waals surface area contributed by atoms with E-state index in [-0.39, 0.29) is 22.7 Å². The summed E-state index contributed by atoms with van der Waals surface area (Å²) in [4.78, 5) is 27.1. The van der Waals surface area contributed by atoms with E-state index in [1.54, 1.807) is 0 Å². The summed E-state index contributed by atoms with van der Waals surface area (Å²) in [5.41, 5.74) is 3.39. The fourth-order valence-electron chi connectivity index (χ4n) is 6.44. The summed E-state index contributed by atoms with van der Waals surface area (Å²) in [6, 6.07) is 26.8. The number of hydrogen-bond acceptors (Lipinski definition) is 2. The van der Waals surface area contributed by atoms with Crippen molar-refractivity contribution in [1.29, 1.82) is 0 Å². The van der Waals surface area contributed by atoms with Gasteiger partial charge in [0, 0.05) is 11.8 Å². The van der Waals surface area contributed by atoms with Gasteiger partial charge in [-0.3, -0.25) is 9.59 Å². The summed E-state index contributed by atoms with van der Waals surface area (Å²) in [5, 5.41) is 9.25. The predicted molar refractivity (Wildman–Crippen MR) is 144 cm³/mol. The van der Waals surface area contributed by atoms with Gasteiger partial charge >= 0.3 is 5.97 Å². The van der Waals surface area contributed by atoms with Crippen LogP contribution in [0, 0.1) is 43.9 Å². The zero-order valence-corrected chi connectivity index (χ0v) is 22.2. The molecule has 0 radical (unpaired) electrons. The molecule has 1 N–H and O–H groups in total. The molecule has 4 bridgehead atoms. The highest BCUT2D eigenvalue weighted by Gasteiger charge is 2.58. The van der Waals surface area contributed by atoms with Crippen LogP contribution in [-0.4, -0.2) is 16.9 Å². The van der Waals surface area contributed by atoms with Crippen LogP contribution in [0.5, 0.6) is 0 Å². The van der Waals surface area contributed by atoms with Crippen molar-refractivity contribution < 1.29 is 14.7 Å². The lowest BCUT2D eigenvalue weighted by Gasteiger charge is -2.53. The van der Waals surface area contributed by atoms with E-state index in [1.807, 2.05) is 0 Å². The molecule has 4 aliphatic rings. The average molecular weight is 500 g/mol. The maximum Gasteiger partial charge on any atom is 0.309 e. The van der Waals surface area contributed by atoms with Crippen molar-refractivity contribution in [2.75, 3.05) is 0 Å². The highest BCUT2D eigenvalue weighted by Crippen LogP contribution is 2.58. The Balaban J connectivity index is 0.000000163. The van der Waals surface area contributed by atoms with Gasteiger partial charge in [0.15, 0.2) is 14.7 Å². The molecule has 7 rings (SSSR count). The molecule has 0 aliphatic heterocycles. The van der Waals surface area contributed by atoms with Gasteiger partial charge in [-0.2, -0.15) is 0 Å². The van der Waals surface area contributed by atoms with Gasteiger partial charge in [0.05, 0.1) is 16.3 Å². The molecule has 0 aromatic heterocycles. The van der Waals surface area contributed by atoms with E-state index in [9.17, 15) is 14.7 Å². The summed E-state index contributed by atoms with van der Waals surface area (Å²) in [7, 11) is -0.0394. The zero-order valence-electron chi connectivity index (χ0n) is 21.4. The third-order valence-corrected chi connectivity index (χ3v) is 10.4. The van der Waals surface area contributed by atoms with Crippen LogP contribution in [0.2, 0.25) is 0 Å². The Labute approximate surface area is 217 Å². The van der Waals surface area contributed by atoms with E-state index in [4.69, 9.17) is 0 Å². The van der Waals surface area contributed by atoms with E-state index in [1.165, 1.54) is 31.4 Å². The Morgan fingerprint density at radius 3 is 1.39 bits per heavy atom. The molecular formula is C32H35O3S+. The lowest BCUT2D eigenvalue weighted by Crippen LogP contribution is -2.54. The smallest absolute Gasteiger partial charge is 0.309 e. The number of benzene rings is 3. The van der Waals surface area contributed by atoms with Crippen molar-refractivity contribution in [3.63, 3.8) is 0 Å². The minimum Gasteiger partial charge on any atom is -0.481 e. The van der Waals surface area contributed by atoms with Crippen molar-refractivity contribution in [1.82, 2.24) is 0 Å². The first-order valence-corrected chi connectivity index (χ1v) is 14.2. The summed E-state index contributed by atoms with van der Waals surface area (Å²) in [5.74, 6) is 0.373. The number of carbonyl (C=O) groups excluding carboxylic acids is 1. The largest absolute Gasteiger partial charge is 0.481 e. The molecule has 4 heteroatoms. The number of rotatable bonds is 4. The molecule has 186 valence electrons. The first-order chi connectivity index (χ1) is 17.2. The van der Waals surface area contributed by atoms with Crippen molar-refractivity contribution in [3.05, 3.63) is 89.5 Å². The van der Waals surface area contributed by atoms with Crippen LogP contribution < -0.4 is 0 Å². The number of hydrogen-bond donors (Lipinski definition) is 1. The number of Topliss-reactive ketones (excluding diaryl/α,β-unsaturated/α-hetero) is 1. The standard InChI is InChI=1S/C21H21S.C11H14O3/c1-16-4-10-19(11-5-16)22(20-12-6-17(2)7-13-20)21-14-8-18(3)9-15-21;12-9-7-1-6-2-8(9)5-11(3-6,4-7)10(13)14/h4-15H,1-3H3;6-8H,1-5H2,(H,13,14)/q+1;. The molecule has 4 aliphatic carbocycles. The van der Waals surface area contributed by atoms with E-state index in [2.05, 4.69) is 93.6 Å². The van der Waals surface area contributed by atoms with Crippen molar-refractivity contribution in [3.8, 4) is 0 Å². The van der Waals surface area contributed by atoms with Crippen LogP contribution in [0.1, 0.15) is 48.8 Å². The van der Waals surface area contributed by atoms with Gasteiger partial charge in [-0.05, 0) is 95.2 Å². The Bertz CT molecular complexity index is 1120. The number of aryl methyl sites for hydroxylation is 3. The summed E-state index contributed by atoms with van der Waals surface area (Å²) < 4.78 is 0. The molecule has 3 aromatic rings. The van der Waals surface area contributed by atoms with Gasteiger partial charge < -0.3 is 5.11 Å². The number of carbonyl (C=O) groups is 2. The predicted octanol–water partition coefficient (Wildman–Crippen LogP) is 7.17.